The Morgan fingerprint density at radius 2 is 1.75 bits per heavy atom. The van der Waals surface area contributed by atoms with Crippen molar-refractivity contribution in [2.45, 2.75) is 33.6 Å². The molecule has 188 valence electrons. The van der Waals surface area contributed by atoms with E-state index in [-0.39, 0.29) is 17.2 Å². The van der Waals surface area contributed by atoms with Gasteiger partial charge in [0.05, 0.1) is 5.69 Å². The summed E-state index contributed by atoms with van der Waals surface area (Å²) in [6, 6.07) is 15.4. The fourth-order valence-corrected chi connectivity index (χ4v) is 5.76. The fourth-order valence-electron chi connectivity index (χ4n) is 5.76. The molecule has 2 aromatic heterocycles. The van der Waals surface area contributed by atoms with Crippen molar-refractivity contribution in [3.63, 3.8) is 0 Å². The number of nitrogens with one attached hydrogen (secondary N) is 1. The van der Waals surface area contributed by atoms with Crippen LogP contribution in [0.15, 0.2) is 53.3 Å². The minimum absolute atomic E-state index is 0.238. The summed E-state index contributed by atoms with van der Waals surface area (Å²) >= 11 is 0. The van der Waals surface area contributed by atoms with Gasteiger partial charge >= 0.3 is 0 Å². The number of amides is 1. The summed E-state index contributed by atoms with van der Waals surface area (Å²) in [6.07, 6.45) is 2.16. The molecule has 0 spiro atoms. The van der Waals surface area contributed by atoms with E-state index in [0.29, 0.717) is 23.1 Å². The van der Waals surface area contributed by atoms with Crippen LogP contribution in [0.25, 0.3) is 27.5 Å². The minimum atomic E-state index is -0.252. The number of aryl methyl sites for hydroxylation is 2. The molecule has 36 heavy (non-hydrogen) atoms. The number of hydrogen-bond acceptors (Lipinski definition) is 4. The first-order valence-electron chi connectivity index (χ1n) is 12.9. The first-order chi connectivity index (χ1) is 17.3. The number of aromatic nitrogens is 3. The molecule has 1 aliphatic rings. The Morgan fingerprint density at radius 1 is 1.06 bits per heavy atom. The maximum atomic E-state index is 13.6. The molecule has 1 N–H and O–H groups in total. The first kappa shape index (κ1) is 24.3. The third-order valence-corrected chi connectivity index (χ3v) is 7.31. The van der Waals surface area contributed by atoms with Gasteiger partial charge in [-0.1, -0.05) is 49.7 Å². The van der Waals surface area contributed by atoms with Crippen molar-refractivity contribution in [2.24, 2.45) is 18.9 Å². The fraction of sp³-hybridized carbons (Fsp3) is 0.414. The lowest BCUT2D eigenvalue weighted by molar-refractivity contribution is 0.0942. The summed E-state index contributed by atoms with van der Waals surface area (Å²) in [4.78, 5) is 29.6. The van der Waals surface area contributed by atoms with Crippen molar-refractivity contribution < 1.29 is 4.79 Å². The van der Waals surface area contributed by atoms with Crippen molar-refractivity contribution in [3.8, 4) is 5.69 Å². The predicted octanol–water partition coefficient (Wildman–Crippen LogP) is 4.28. The number of likely N-dealkylation sites (tertiary alicyclic amines) is 1. The van der Waals surface area contributed by atoms with Crippen LogP contribution in [0.5, 0.6) is 0 Å². The van der Waals surface area contributed by atoms with Crippen LogP contribution in [-0.4, -0.2) is 51.3 Å². The molecule has 2 atom stereocenters. The average molecular weight is 486 g/mol. The zero-order valence-electron chi connectivity index (χ0n) is 21.6. The van der Waals surface area contributed by atoms with Gasteiger partial charge in [0, 0.05) is 43.0 Å². The minimum Gasteiger partial charge on any atom is -0.351 e. The Morgan fingerprint density at radius 3 is 2.47 bits per heavy atom. The number of para-hydroxylation sites is 1. The van der Waals surface area contributed by atoms with E-state index in [9.17, 15) is 9.59 Å². The van der Waals surface area contributed by atoms with E-state index < -0.39 is 0 Å². The Balaban J connectivity index is 1.47. The summed E-state index contributed by atoms with van der Waals surface area (Å²) in [6.45, 7) is 10.4. The quantitative estimate of drug-likeness (QED) is 0.414. The molecule has 0 saturated carbocycles. The summed E-state index contributed by atoms with van der Waals surface area (Å²) < 4.78 is 3.22. The van der Waals surface area contributed by atoms with E-state index in [4.69, 9.17) is 0 Å². The second-order valence-electron chi connectivity index (χ2n) is 10.5. The second-order valence-corrected chi connectivity index (χ2v) is 10.5. The molecule has 7 heteroatoms. The van der Waals surface area contributed by atoms with E-state index >= 15 is 0 Å². The molecule has 1 aliphatic heterocycles. The molecule has 7 nitrogen and oxygen atoms in total. The van der Waals surface area contributed by atoms with Crippen LogP contribution in [0.1, 0.15) is 42.7 Å². The summed E-state index contributed by atoms with van der Waals surface area (Å²) in [5.74, 6) is 1.18. The maximum Gasteiger partial charge on any atom is 0.296 e. The highest BCUT2D eigenvalue weighted by atomic mass is 16.2. The highest BCUT2D eigenvalue weighted by molar-refractivity contribution is 6.16. The first-order valence-corrected chi connectivity index (χ1v) is 12.9. The largest absolute Gasteiger partial charge is 0.351 e. The van der Waals surface area contributed by atoms with Crippen LogP contribution >= 0.6 is 0 Å². The molecule has 5 rings (SSSR count). The molecule has 3 heterocycles. The normalized spacial score (nSPS) is 18.7. The van der Waals surface area contributed by atoms with Gasteiger partial charge in [0.1, 0.15) is 5.52 Å². The monoisotopic (exact) mass is 485 g/mol. The van der Waals surface area contributed by atoms with E-state index in [1.54, 1.807) is 0 Å². The highest BCUT2D eigenvalue weighted by Crippen LogP contribution is 2.28. The SMILES string of the molecule is Cc1ccc(-n2nc(C(=O)NCCCN3CC(C)CC(C)C3)c3c4ccccc4n(C)c3c2=O)cc1. The zero-order valence-corrected chi connectivity index (χ0v) is 21.6. The Bertz CT molecular complexity index is 1460. The van der Waals surface area contributed by atoms with Gasteiger partial charge in [-0.3, -0.25) is 9.59 Å². The third kappa shape index (κ3) is 4.55. The van der Waals surface area contributed by atoms with E-state index in [1.165, 1.54) is 11.1 Å². The van der Waals surface area contributed by atoms with Crippen LogP contribution in [-0.2, 0) is 7.05 Å². The van der Waals surface area contributed by atoms with E-state index in [2.05, 4.69) is 29.2 Å². The second kappa shape index (κ2) is 9.90. The lowest BCUT2D eigenvalue weighted by Gasteiger charge is -2.34. The topological polar surface area (TPSA) is 72.2 Å². The van der Waals surface area contributed by atoms with Crippen LogP contribution in [0.4, 0.5) is 0 Å². The Hall–Kier alpha value is -3.45. The number of rotatable bonds is 6. The van der Waals surface area contributed by atoms with Gasteiger partial charge < -0.3 is 14.8 Å². The molecule has 1 fully saturated rings. The number of carbonyl (C=O) groups excluding carboxylic acids is 1. The van der Waals surface area contributed by atoms with Gasteiger partial charge in [-0.25, -0.2) is 0 Å². The number of piperidine rings is 1. The van der Waals surface area contributed by atoms with Gasteiger partial charge in [-0.05, 0) is 56.3 Å². The zero-order chi connectivity index (χ0) is 25.4. The Kier molecular flexibility index (Phi) is 6.67. The molecular weight excluding hydrogens is 450 g/mol. The van der Waals surface area contributed by atoms with Gasteiger partial charge in [-0.15, -0.1) is 0 Å². The van der Waals surface area contributed by atoms with Gasteiger partial charge in [0.25, 0.3) is 11.5 Å². The number of nitrogens with zero attached hydrogens (tertiary/aromatic N) is 4. The third-order valence-electron chi connectivity index (χ3n) is 7.31. The molecule has 4 aromatic rings. The van der Waals surface area contributed by atoms with Gasteiger partial charge in [0.15, 0.2) is 5.69 Å². The molecule has 1 amide bonds. The smallest absolute Gasteiger partial charge is 0.296 e. The molecule has 0 aliphatic carbocycles. The molecule has 0 bridgehead atoms. The van der Waals surface area contributed by atoms with Crippen LogP contribution in [0, 0.1) is 18.8 Å². The average Bonchev–Trinajstić information content (AvgIpc) is 3.15. The maximum absolute atomic E-state index is 13.6. The predicted molar refractivity (Wildman–Crippen MR) is 145 cm³/mol. The van der Waals surface area contributed by atoms with E-state index in [1.807, 2.05) is 67.1 Å². The lowest BCUT2D eigenvalue weighted by atomic mass is 9.92. The molecule has 2 aromatic carbocycles. The molecule has 0 radical (unpaired) electrons. The van der Waals surface area contributed by atoms with Crippen LogP contribution in [0.2, 0.25) is 0 Å². The van der Waals surface area contributed by atoms with Crippen molar-refractivity contribution in [2.75, 3.05) is 26.2 Å². The Labute approximate surface area is 211 Å². The molecule has 2 unspecified atom stereocenters. The summed E-state index contributed by atoms with van der Waals surface area (Å²) in [5, 5.41) is 9.17. The van der Waals surface area contributed by atoms with Gasteiger partial charge in [0.2, 0.25) is 0 Å². The van der Waals surface area contributed by atoms with Crippen molar-refractivity contribution >= 4 is 27.7 Å². The van der Waals surface area contributed by atoms with Gasteiger partial charge in [-0.2, -0.15) is 9.78 Å². The van der Waals surface area contributed by atoms with Crippen molar-refractivity contribution in [1.29, 1.82) is 0 Å². The summed E-state index contributed by atoms with van der Waals surface area (Å²) in [7, 11) is 1.87. The number of carbonyl (C=O) groups is 1. The van der Waals surface area contributed by atoms with Crippen molar-refractivity contribution in [1.82, 2.24) is 24.6 Å². The number of hydrogen-bond donors (Lipinski definition) is 1. The van der Waals surface area contributed by atoms with Crippen LogP contribution < -0.4 is 10.9 Å². The standard InChI is InChI=1S/C29H35N5O2/c1-19-10-12-22(13-11-19)34-29(36)27-25(23-8-5-6-9-24(23)32(27)4)26(31-34)28(35)30-14-7-15-33-17-20(2)16-21(3)18-33/h5-6,8-13,20-21H,7,14-18H2,1-4H3,(H,30,35). The number of fused-ring (bicyclic) bond motifs is 3. The van der Waals surface area contributed by atoms with E-state index in [0.717, 1.165) is 54.4 Å². The van der Waals surface area contributed by atoms with Crippen molar-refractivity contribution in [3.05, 3.63) is 70.1 Å². The summed E-state index contributed by atoms with van der Waals surface area (Å²) in [5.41, 5.74) is 3.15. The lowest BCUT2D eigenvalue weighted by Crippen LogP contribution is -2.40. The molecular formula is C29H35N5O2. The van der Waals surface area contributed by atoms with Crippen LogP contribution in [0.3, 0.4) is 0 Å². The number of benzene rings is 2. The molecule has 1 saturated heterocycles. The highest BCUT2D eigenvalue weighted by Gasteiger charge is 2.24.